The topological polar surface area (TPSA) is 24.9 Å². The van der Waals surface area contributed by atoms with Gasteiger partial charge in [-0.1, -0.05) is 19.9 Å². The van der Waals surface area contributed by atoms with Crippen LogP contribution < -0.4 is 5.32 Å². The summed E-state index contributed by atoms with van der Waals surface area (Å²) >= 11 is 0. The molecule has 0 spiro atoms. The lowest BCUT2D eigenvalue weighted by molar-refractivity contribution is 0.976. The third kappa shape index (κ3) is 2.58. The molecule has 0 aliphatic heterocycles. The molecule has 19 heavy (non-hydrogen) atoms. The van der Waals surface area contributed by atoms with Gasteiger partial charge in [-0.2, -0.15) is 0 Å². The van der Waals surface area contributed by atoms with E-state index in [1.54, 1.807) is 0 Å². The van der Waals surface area contributed by atoms with E-state index >= 15 is 0 Å². The second-order valence-electron chi connectivity index (χ2n) is 5.50. The number of nitrogens with zero attached hydrogens (tertiary/aromatic N) is 1. The lowest BCUT2D eigenvalue weighted by Crippen LogP contribution is -2.02. The Morgan fingerprint density at radius 1 is 1.21 bits per heavy atom. The van der Waals surface area contributed by atoms with Crippen LogP contribution in [0.4, 0.5) is 5.69 Å². The van der Waals surface area contributed by atoms with Crippen LogP contribution in [0.1, 0.15) is 50.3 Å². The highest BCUT2D eigenvalue weighted by molar-refractivity contribution is 5.92. The molecule has 2 nitrogen and oxygen atoms in total. The smallest absolute Gasteiger partial charge is 0.0726 e. The molecule has 0 unspecified atom stereocenters. The number of hydrogen-bond acceptors (Lipinski definition) is 2. The molecule has 0 saturated heterocycles. The van der Waals surface area contributed by atoms with Gasteiger partial charge in [0.1, 0.15) is 0 Å². The molecule has 1 fully saturated rings. The zero-order valence-electron chi connectivity index (χ0n) is 11.9. The van der Waals surface area contributed by atoms with Crippen LogP contribution in [0.2, 0.25) is 0 Å². The monoisotopic (exact) mass is 254 g/mol. The molecule has 100 valence electrons. The van der Waals surface area contributed by atoms with Crippen molar-refractivity contribution in [3.63, 3.8) is 0 Å². The fourth-order valence-corrected chi connectivity index (χ4v) is 2.51. The highest BCUT2D eigenvalue weighted by Gasteiger charge is 2.25. The first-order valence-electron chi connectivity index (χ1n) is 7.49. The van der Waals surface area contributed by atoms with Crippen LogP contribution in [0.5, 0.6) is 0 Å². The van der Waals surface area contributed by atoms with Crippen LogP contribution in [0, 0.1) is 0 Å². The maximum atomic E-state index is 4.84. The van der Waals surface area contributed by atoms with E-state index in [0.717, 1.165) is 24.9 Å². The highest BCUT2D eigenvalue weighted by Crippen LogP contribution is 2.41. The number of pyridine rings is 1. The van der Waals surface area contributed by atoms with Crippen LogP contribution in [-0.2, 0) is 6.42 Å². The SMILES string of the molecule is CCCNc1cc(C2CC2)nc2ccc(CC)cc12. The normalized spacial score (nSPS) is 14.8. The van der Waals surface area contributed by atoms with Crippen molar-refractivity contribution in [2.75, 3.05) is 11.9 Å². The maximum absolute atomic E-state index is 4.84. The Bertz CT molecular complexity index is 585. The first-order chi connectivity index (χ1) is 9.31. The Morgan fingerprint density at radius 2 is 2.05 bits per heavy atom. The van der Waals surface area contributed by atoms with Crippen molar-refractivity contribution in [1.29, 1.82) is 0 Å². The third-order valence-electron chi connectivity index (χ3n) is 3.86. The summed E-state index contributed by atoms with van der Waals surface area (Å²) < 4.78 is 0. The van der Waals surface area contributed by atoms with Gasteiger partial charge in [0.25, 0.3) is 0 Å². The molecule has 1 aliphatic rings. The van der Waals surface area contributed by atoms with Gasteiger partial charge in [0.05, 0.1) is 5.52 Å². The van der Waals surface area contributed by atoms with E-state index < -0.39 is 0 Å². The van der Waals surface area contributed by atoms with Gasteiger partial charge in [0.15, 0.2) is 0 Å². The fourth-order valence-electron chi connectivity index (χ4n) is 2.51. The summed E-state index contributed by atoms with van der Waals surface area (Å²) in [5, 5.41) is 4.85. The molecule has 1 heterocycles. The largest absolute Gasteiger partial charge is 0.384 e. The molecule has 1 saturated carbocycles. The first kappa shape index (κ1) is 12.5. The Balaban J connectivity index is 2.09. The quantitative estimate of drug-likeness (QED) is 0.850. The molecule has 2 aromatic rings. The second-order valence-corrected chi connectivity index (χ2v) is 5.50. The van der Waals surface area contributed by atoms with Gasteiger partial charge < -0.3 is 5.32 Å². The zero-order chi connectivity index (χ0) is 13.2. The Morgan fingerprint density at radius 3 is 2.74 bits per heavy atom. The highest BCUT2D eigenvalue weighted by atomic mass is 14.9. The predicted molar refractivity (Wildman–Crippen MR) is 81.9 cm³/mol. The zero-order valence-corrected chi connectivity index (χ0v) is 11.9. The van der Waals surface area contributed by atoms with Crippen LogP contribution in [0.25, 0.3) is 10.9 Å². The van der Waals surface area contributed by atoms with Gasteiger partial charge >= 0.3 is 0 Å². The van der Waals surface area contributed by atoms with Crippen molar-refractivity contribution >= 4 is 16.6 Å². The number of aryl methyl sites for hydroxylation is 1. The van der Waals surface area contributed by atoms with E-state index in [0.29, 0.717) is 5.92 Å². The van der Waals surface area contributed by atoms with Crippen molar-refractivity contribution in [3.8, 4) is 0 Å². The first-order valence-corrected chi connectivity index (χ1v) is 7.49. The second kappa shape index (κ2) is 5.20. The number of hydrogen-bond donors (Lipinski definition) is 1. The maximum Gasteiger partial charge on any atom is 0.0726 e. The molecule has 0 bridgehead atoms. The van der Waals surface area contributed by atoms with Gasteiger partial charge in [-0.3, -0.25) is 4.98 Å². The molecule has 0 amide bonds. The molecule has 1 aromatic carbocycles. The molecule has 1 aliphatic carbocycles. The van der Waals surface area contributed by atoms with E-state index in [4.69, 9.17) is 4.98 Å². The number of fused-ring (bicyclic) bond motifs is 1. The van der Waals surface area contributed by atoms with Crippen molar-refractivity contribution in [2.24, 2.45) is 0 Å². The van der Waals surface area contributed by atoms with Gasteiger partial charge in [-0.25, -0.2) is 0 Å². The fraction of sp³-hybridized carbons (Fsp3) is 0.471. The van der Waals surface area contributed by atoms with Gasteiger partial charge in [-0.05, 0) is 49.4 Å². The Labute approximate surface area is 115 Å². The van der Waals surface area contributed by atoms with E-state index in [1.165, 1.54) is 35.2 Å². The van der Waals surface area contributed by atoms with E-state index in [-0.39, 0.29) is 0 Å². The molecule has 3 rings (SSSR count). The van der Waals surface area contributed by atoms with Crippen molar-refractivity contribution in [1.82, 2.24) is 4.98 Å². The summed E-state index contributed by atoms with van der Waals surface area (Å²) in [4.78, 5) is 4.84. The number of anilines is 1. The summed E-state index contributed by atoms with van der Waals surface area (Å²) in [6.07, 6.45) is 4.83. The summed E-state index contributed by atoms with van der Waals surface area (Å²) in [6, 6.07) is 8.94. The summed E-state index contributed by atoms with van der Waals surface area (Å²) in [5.41, 5.74) is 5.06. The molecule has 1 N–H and O–H groups in total. The van der Waals surface area contributed by atoms with Crippen molar-refractivity contribution < 1.29 is 0 Å². The number of rotatable bonds is 5. The molecule has 0 radical (unpaired) electrons. The molecular formula is C17H22N2. The van der Waals surface area contributed by atoms with Crippen LogP contribution >= 0.6 is 0 Å². The molecule has 0 atom stereocenters. The lowest BCUT2D eigenvalue weighted by Gasteiger charge is -2.12. The molecular weight excluding hydrogens is 232 g/mol. The third-order valence-corrected chi connectivity index (χ3v) is 3.86. The minimum Gasteiger partial charge on any atom is -0.384 e. The average molecular weight is 254 g/mol. The Kier molecular flexibility index (Phi) is 3.41. The summed E-state index contributed by atoms with van der Waals surface area (Å²) in [5.74, 6) is 0.706. The van der Waals surface area contributed by atoms with E-state index in [9.17, 15) is 0 Å². The lowest BCUT2D eigenvalue weighted by atomic mass is 10.1. The standard InChI is InChI=1S/C17H22N2/c1-3-9-18-17-11-16(13-6-7-13)19-15-8-5-12(4-2)10-14(15)17/h5,8,10-11,13H,3-4,6-7,9H2,1-2H3,(H,18,19). The number of benzene rings is 1. The predicted octanol–water partition coefficient (Wildman–Crippen LogP) is 4.50. The van der Waals surface area contributed by atoms with Crippen molar-refractivity contribution in [2.45, 2.75) is 45.4 Å². The molecule has 1 aromatic heterocycles. The van der Waals surface area contributed by atoms with E-state index in [1.807, 2.05) is 0 Å². The minimum absolute atomic E-state index is 0.706. The van der Waals surface area contributed by atoms with Crippen LogP contribution in [-0.4, -0.2) is 11.5 Å². The Hall–Kier alpha value is -1.57. The van der Waals surface area contributed by atoms with Gasteiger partial charge in [0, 0.05) is 29.2 Å². The van der Waals surface area contributed by atoms with Gasteiger partial charge in [0.2, 0.25) is 0 Å². The van der Waals surface area contributed by atoms with Crippen LogP contribution in [0.15, 0.2) is 24.3 Å². The number of aromatic nitrogens is 1. The van der Waals surface area contributed by atoms with Crippen molar-refractivity contribution in [3.05, 3.63) is 35.5 Å². The molecule has 2 heteroatoms. The minimum atomic E-state index is 0.706. The van der Waals surface area contributed by atoms with Crippen LogP contribution in [0.3, 0.4) is 0 Å². The average Bonchev–Trinajstić information content (AvgIpc) is 3.28. The number of nitrogens with one attached hydrogen (secondary N) is 1. The van der Waals surface area contributed by atoms with E-state index in [2.05, 4.69) is 43.4 Å². The van der Waals surface area contributed by atoms with Gasteiger partial charge in [-0.15, -0.1) is 0 Å². The summed E-state index contributed by atoms with van der Waals surface area (Å²) in [7, 11) is 0. The summed E-state index contributed by atoms with van der Waals surface area (Å²) in [6.45, 7) is 5.43.